The van der Waals surface area contributed by atoms with Crippen molar-refractivity contribution >= 4 is 5.97 Å². The van der Waals surface area contributed by atoms with Gasteiger partial charge in [0.05, 0.1) is 11.4 Å². The molecule has 0 saturated carbocycles. The predicted molar refractivity (Wildman–Crippen MR) is 60.6 cm³/mol. The van der Waals surface area contributed by atoms with Crippen molar-refractivity contribution in [3.8, 4) is 11.4 Å². The molecule has 0 aliphatic carbocycles. The third-order valence-electron chi connectivity index (χ3n) is 2.39. The molecule has 6 nitrogen and oxygen atoms in total. The van der Waals surface area contributed by atoms with Gasteiger partial charge in [0.1, 0.15) is 0 Å². The maximum atomic E-state index is 11.5. The van der Waals surface area contributed by atoms with E-state index in [0.717, 1.165) is 0 Å². The zero-order valence-corrected chi connectivity index (χ0v) is 8.93. The number of carbonyl (C=O) groups is 1. The van der Waals surface area contributed by atoms with Crippen LogP contribution in [0.2, 0.25) is 0 Å². The van der Waals surface area contributed by atoms with Crippen LogP contribution >= 0.6 is 0 Å². The lowest BCUT2D eigenvalue weighted by Crippen LogP contribution is -2.08. The van der Waals surface area contributed by atoms with Crippen molar-refractivity contribution in [3.05, 3.63) is 40.3 Å². The van der Waals surface area contributed by atoms with E-state index in [0.29, 0.717) is 17.0 Å². The molecule has 0 aliphatic rings. The van der Waals surface area contributed by atoms with E-state index in [4.69, 9.17) is 5.11 Å². The van der Waals surface area contributed by atoms with E-state index < -0.39 is 5.97 Å². The SMILES string of the molecule is O=C(O)CCc1c(-c2ccccn2)[nH][nH]c1=O. The third-order valence-corrected chi connectivity index (χ3v) is 2.39. The van der Waals surface area contributed by atoms with E-state index in [2.05, 4.69) is 15.2 Å². The van der Waals surface area contributed by atoms with E-state index in [1.807, 2.05) is 0 Å². The lowest BCUT2D eigenvalue weighted by atomic mass is 10.1. The number of aromatic amines is 2. The molecule has 0 bridgehead atoms. The maximum Gasteiger partial charge on any atom is 0.303 e. The Morgan fingerprint density at radius 2 is 2.18 bits per heavy atom. The van der Waals surface area contributed by atoms with Crippen LogP contribution in [0.1, 0.15) is 12.0 Å². The lowest BCUT2D eigenvalue weighted by molar-refractivity contribution is -0.136. The Hall–Kier alpha value is -2.37. The molecule has 88 valence electrons. The van der Waals surface area contributed by atoms with E-state index in [1.165, 1.54) is 0 Å². The first-order valence-electron chi connectivity index (χ1n) is 5.11. The van der Waals surface area contributed by atoms with Crippen molar-refractivity contribution in [2.45, 2.75) is 12.8 Å². The first kappa shape index (κ1) is 11.1. The largest absolute Gasteiger partial charge is 0.481 e. The minimum absolute atomic E-state index is 0.0826. The van der Waals surface area contributed by atoms with Crippen LogP contribution in [-0.2, 0) is 11.2 Å². The number of hydrogen-bond donors (Lipinski definition) is 3. The monoisotopic (exact) mass is 233 g/mol. The highest BCUT2D eigenvalue weighted by molar-refractivity contribution is 5.68. The van der Waals surface area contributed by atoms with Crippen molar-refractivity contribution in [1.29, 1.82) is 0 Å². The smallest absolute Gasteiger partial charge is 0.303 e. The number of nitrogens with zero attached hydrogens (tertiary/aromatic N) is 1. The van der Waals surface area contributed by atoms with Gasteiger partial charge in [0, 0.05) is 18.2 Å². The fraction of sp³-hybridized carbons (Fsp3) is 0.182. The molecule has 0 spiro atoms. The van der Waals surface area contributed by atoms with Gasteiger partial charge in [-0.1, -0.05) is 6.07 Å². The number of aliphatic carboxylic acids is 1. The summed E-state index contributed by atoms with van der Waals surface area (Å²) >= 11 is 0. The zero-order chi connectivity index (χ0) is 12.3. The second kappa shape index (κ2) is 4.65. The van der Waals surface area contributed by atoms with Gasteiger partial charge in [-0.3, -0.25) is 24.8 Å². The van der Waals surface area contributed by atoms with Crippen LogP contribution in [-0.4, -0.2) is 26.3 Å². The first-order chi connectivity index (χ1) is 8.18. The molecule has 2 aromatic rings. The third kappa shape index (κ3) is 2.41. The molecule has 0 aliphatic heterocycles. The van der Waals surface area contributed by atoms with Gasteiger partial charge in [-0.25, -0.2) is 0 Å². The molecular weight excluding hydrogens is 222 g/mol. The van der Waals surface area contributed by atoms with Crippen molar-refractivity contribution in [1.82, 2.24) is 15.2 Å². The fourth-order valence-electron chi connectivity index (χ4n) is 1.58. The standard InChI is InChI=1S/C11H11N3O3/c15-9(16)5-4-7-10(13-14-11(7)17)8-3-1-2-6-12-8/h1-3,6H,4-5H2,(H,15,16)(H2,13,14,17). The van der Waals surface area contributed by atoms with Gasteiger partial charge in [-0.2, -0.15) is 0 Å². The number of hydrogen-bond acceptors (Lipinski definition) is 3. The molecule has 2 aromatic heterocycles. The normalized spacial score (nSPS) is 10.4. The summed E-state index contributed by atoms with van der Waals surface area (Å²) in [6.07, 6.45) is 1.71. The molecule has 0 atom stereocenters. The second-order valence-corrected chi connectivity index (χ2v) is 3.54. The average molecular weight is 233 g/mol. The molecule has 17 heavy (non-hydrogen) atoms. The number of nitrogens with one attached hydrogen (secondary N) is 2. The van der Waals surface area contributed by atoms with Crippen LogP contribution in [0.15, 0.2) is 29.2 Å². The van der Waals surface area contributed by atoms with E-state index in [9.17, 15) is 9.59 Å². The molecule has 0 saturated heterocycles. The second-order valence-electron chi connectivity index (χ2n) is 3.54. The molecule has 0 aromatic carbocycles. The minimum atomic E-state index is -0.933. The van der Waals surface area contributed by atoms with Crippen molar-refractivity contribution < 1.29 is 9.90 Å². The van der Waals surface area contributed by atoms with Gasteiger partial charge in [0.2, 0.25) is 0 Å². The minimum Gasteiger partial charge on any atom is -0.481 e. The van der Waals surface area contributed by atoms with E-state index in [1.54, 1.807) is 24.4 Å². The van der Waals surface area contributed by atoms with Gasteiger partial charge in [-0.05, 0) is 18.6 Å². The summed E-state index contributed by atoms with van der Waals surface area (Å²) in [6, 6.07) is 5.32. The Kier molecular flexibility index (Phi) is 3.04. The lowest BCUT2D eigenvalue weighted by Gasteiger charge is -1.99. The number of H-pyrrole nitrogens is 2. The van der Waals surface area contributed by atoms with Gasteiger partial charge in [0.25, 0.3) is 5.56 Å². The molecule has 6 heteroatoms. The van der Waals surface area contributed by atoms with Gasteiger partial charge in [-0.15, -0.1) is 0 Å². The average Bonchev–Trinajstić information content (AvgIpc) is 2.69. The van der Waals surface area contributed by atoms with Crippen LogP contribution in [0.4, 0.5) is 0 Å². The Morgan fingerprint density at radius 1 is 1.35 bits per heavy atom. The maximum absolute atomic E-state index is 11.5. The fourth-order valence-corrected chi connectivity index (χ4v) is 1.58. The Bertz CT molecular complexity index is 571. The molecule has 2 heterocycles. The van der Waals surface area contributed by atoms with Gasteiger partial charge < -0.3 is 5.11 Å². The quantitative estimate of drug-likeness (QED) is 0.726. The molecular formula is C11H11N3O3. The van der Waals surface area contributed by atoms with E-state index >= 15 is 0 Å². The van der Waals surface area contributed by atoms with Crippen molar-refractivity contribution in [2.24, 2.45) is 0 Å². The predicted octanol–water partition coefficient (Wildman–Crippen LogP) is 0.782. The summed E-state index contributed by atoms with van der Waals surface area (Å²) in [7, 11) is 0. The number of pyridine rings is 1. The van der Waals surface area contributed by atoms with Crippen molar-refractivity contribution in [3.63, 3.8) is 0 Å². The summed E-state index contributed by atoms with van der Waals surface area (Å²) in [6.45, 7) is 0. The van der Waals surface area contributed by atoms with Crippen LogP contribution < -0.4 is 5.56 Å². The zero-order valence-electron chi connectivity index (χ0n) is 8.93. The molecule has 3 N–H and O–H groups in total. The molecule has 2 rings (SSSR count). The highest BCUT2D eigenvalue weighted by atomic mass is 16.4. The Labute approximate surface area is 96.3 Å². The summed E-state index contributed by atoms with van der Waals surface area (Å²) in [4.78, 5) is 26.1. The van der Waals surface area contributed by atoms with E-state index in [-0.39, 0.29) is 18.4 Å². The first-order valence-corrected chi connectivity index (χ1v) is 5.11. The highest BCUT2D eigenvalue weighted by Gasteiger charge is 2.13. The number of rotatable bonds is 4. The number of carboxylic acids is 1. The van der Waals surface area contributed by atoms with Crippen LogP contribution in [0.3, 0.4) is 0 Å². The highest BCUT2D eigenvalue weighted by Crippen LogP contribution is 2.16. The summed E-state index contributed by atoms with van der Waals surface area (Å²) in [5.41, 5.74) is 1.29. The molecule has 0 unspecified atom stereocenters. The summed E-state index contributed by atoms with van der Waals surface area (Å²) in [5, 5.41) is 13.8. The molecule has 0 fully saturated rings. The van der Waals surface area contributed by atoms with Crippen LogP contribution in [0.25, 0.3) is 11.4 Å². The van der Waals surface area contributed by atoms with Crippen LogP contribution in [0, 0.1) is 0 Å². The van der Waals surface area contributed by atoms with Crippen molar-refractivity contribution in [2.75, 3.05) is 0 Å². The number of carboxylic acid groups (broad SMARTS) is 1. The topological polar surface area (TPSA) is 98.8 Å². The number of aromatic nitrogens is 3. The summed E-state index contributed by atoms with van der Waals surface area (Å²) < 4.78 is 0. The van der Waals surface area contributed by atoms with Crippen LogP contribution in [0.5, 0.6) is 0 Å². The molecule has 0 radical (unpaired) electrons. The van der Waals surface area contributed by atoms with Gasteiger partial charge >= 0.3 is 5.97 Å². The Balaban J connectivity index is 2.36. The molecule has 0 amide bonds. The Morgan fingerprint density at radius 3 is 2.82 bits per heavy atom. The summed E-state index contributed by atoms with van der Waals surface area (Å²) in [5.74, 6) is -0.933. The van der Waals surface area contributed by atoms with Gasteiger partial charge in [0.15, 0.2) is 0 Å².